The molecule has 1 aliphatic heterocycles. The van der Waals surface area contributed by atoms with Crippen LogP contribution in [0.4, 0.5) is 0 Å². The van der Waals surface area contributed by atoms with Crippen LogP contribution >= 0.6 is 29.6 Å². The summed E-state index contributed by atoms with van der Waals surface area (Å²) in [5.41, 5.74) is 0. The van der Waals surface area contributed by atoms with Crippen molar-refractivity contribution in [3.05, 3.63) is 30.3 Å². The van der Waals surface area contributed by atoms with Crippen LogP contribution in [0.25, 0.3) is 0 Å². The molecule has 0 atom stereocenters. The summed E-state index contributed by atoms with van der Waals surface area (Å²) in [7, 11) is 0. The molecule has 0 saturated carbocycles. The van der Waals surface area contributed by atoms with Gasteiger partial charge in [-0.25, -0.2) is 0 Å². The first-order valence-electron chi connectivity index (χ1n) is 5.60. The maximum absolute atomic E-state index is 6.01. The minimum Gasteiger partial charge on any atom is -0.161 e. The van der Waals surface area contributed by atoms with E-state index in [4.69, 9.17) is 11.8 Å². The van der Waals surface area contributed by atoms with E-state index < -0.39 is 6.04 Å². The molecule has 1 aromatic carbocycles. The van der Waals surface area contributed by atoms with E-state index in [1.165, 1.54) is 40.6 Å². The Morgan fingerprint density at radius 3 is 2.00 bits per heavy atom. The first kappa shape index (κ1) is 13.0. The fourth-order valence-electron chi connectivity index (χ4n) is 1.82. The quantitative estimate of drug-likeness (QED) is 0.728. The lowest BCUT2D eigenvalue weighted by Crippen LogP contribution is -2.12. The van der Waals surface area contributed by atoms with Gasteiger partial charge in [0.2, 0.25) is 0 Å². The fourth-order valence-corrected chi connectivity index (χ4v) is 9.72. The Labute approximate surface area is 112 Å². The van der Waals surface area contributed by atoms with Crippen LogP contribution in [0, 0.1) is 0 Å². The van der Waals surface area contributed by atoms with Gasteiger partial charge in [-0.05, 0) is 35.2 Å². The van der Waals surface area contributed by atoms with Gasteiger partial charge < -0.3 is 0 Å². The van der Waals surface area contributed by atoms with E-state index >= 15 is 0 Å². The fraction of sp³-hybridized carbons (Fsp3) is 0.500. The summed E-state index contributed by atoms with van der Waals surface area (Å²) in [5, 5.41) is 1.45. The SMILES string of the molecule is S=P1(c2ccccc2)CCSCCSCC1. The molecule has 0 aliphatic carbocycles. The van der Waals surface area contributed by atoms with Crippen molar-refractivity contribution in [2.24, 2.45) is 0 Å². The third kappa shape index (κ3) is 3.53. The summed E-state index contributed by atoms with van der Waals surface area (Å²) in [6, 6.07) is 9.57. The Hall–Kier alpha value is 0.570. The van der Waals surface area contributed by atoms with Crippen molar-refractivity contribution in [3.8, 4) is 0 Å². The van der Waals surface area contributed by atoms with Crippen molar-refractivity contribution in [3.63, 3.8) is 0 Å². The van der Waals surface area contributed by atoms with Gasteiger partial charge in [-0.1, -0.05) is 42.1 Å². The van der Waals surface area contributed by atoms with Crippen molar-refractivity contribution < 1.29 is 0 Å². The van der Waals surface area contributed by atoms with E-state index in [-0.39, 0.29) is 0 Å². The van der Waals surface area contributed by atoms with E-state index in [0.29, 0.717) is 0 Å². The Morgan fingerprint density at radius 1 is 0.875 bits per heavy atom. The smallest absolute Gasteiger partial charge is 0.00237 e. The monoisotopic (exact) mass is 288 g/mol. The van der Waals surface area contributed by atoms with Crippen LogP contribution in [-0.2, 0) is 11.8 Å². The Kier molecular flexibility index (Phi) is 5.28. The summed E-state index contributed by atoms with van der Waals surface area (Å²) in [4.78, 5) is 0. The van der Waals surface area contributed by atoms with Crippen LogP contribution in [0.1, 0.15) is 0 Å². The maximum Gasteiger partial charge on any atom is 0.00237 e. The van der Waals surface area contributed by atoms with Crippen LogP contribution in [0.5, 0.6) is 0 Å². The van der Waals surface area contributed by atoms with Gasteiger partial charge >= 0.3 is 0 Å². The zero-order valence-corrected chi connectivity index (χ0v) is 12.6. The van der Waals surface area contributed by atoms with Gasteiger partial charge in [0.05, 0.1) is 0 Å². The van der Waals surface area contributed by atoms with Crippen LogP contribution in [0.2, 0.25) is 0 Å². The van der Waals surface area contributed by atoms with Crippen molar-refractivity contribution in [1.29, 1.82) is 0 Å². The van der Waals surface area contributed by atoms with Crippen LogP contribution < -0.4 is 5.30 Å². The number of hydrogen-bond acceptors (Lipinski definition) is 3. The molecule has 16 heavy (non-hydrogen) atoms. The molecule has 0 amide bonds. The molecule has 0 nitrogen and oxygen atoms in total. The third-order valence-corrected chi connectivity index (χ3v) is 10.5. The molecule has 1 heterocycles. The average Bonchev–Trinajstić information content (AvgIpc) is 2.43. The van der Waals surface area contributed by atoms with Crippen molar-refractivity contribution in [2.45, 2.75) is 0 Å². The molecular formula is C12H17PS3. The predicted octanol–water partition coefficient (Wildman–Crippen LogP) is 3.27. The molecular weight excluding hydrogens is 271 g/mol. The second-order valence-corrected chi connectivity index (χ2v) is 11.6. The summed E-state index contributed by atoms with van der Waals surface area (Å²) >= 11 is 10.2. The minimum atomic E-state index is -1.27. The van der Waals surface area contributed by atoms with E-state index in [0.717, 1.165) is 0 Å². The van der Waals surface area contributed by atoms with Crippen LogP contribution in [-0.4, -0.2) is 35.3 Å². The third-order valence-electron chi connectivity index (χ3n) is 2.79. The van der Waals surface area contributed by atoms with E-state index in [1.807, 2.05) is 0 Å². The molecule has 88 valence electrons. The topological polar surface area (TPSA) is 0 Å². The highest BCUT2D eigenvalue weighted by Crippen LogP contribution is 2.46. The minimum absolute atomic E-state index is 1.25. The second-order valence-electron chi connectivity index (χ2n) is 3.90. The molecule has 1 saturated heterocycles. The zero-order valence-electron chi connectivity index (χ0n) is 9.30. The predicted molar refractivity (Wildman–Crippen MR) is 84.7 cm³/mol. The molecule has 0 unspecified atom stereocenters. The standard InChI is InChI=1S/C12H17PS3/c14-13(12-4-2-1-3-5-12)6-8-15-10-11-16-9-7-13/h1-5H,6-11H2. The molecule has 1 fully saturated rings. The van der Waals surface area contributed by atoms with Crippen LogP contribution in [0.3, 0.4) is 0 Å². The average molecular weight is 288 g/mol. The van der Waals surface area contributed by atoms with Gasteiger partial charge in [-0.3, -0.25) is 0 Å². The lowest BCUT2D eigenvalue weighted by molar-refractivity contribution is 1.45. The summed E-state index contributed by atoms with van der Waals surface area (Å²) in [6.45, 7) is 0. The van der Waals surface area contributed by atoms with Gasteiger partial charge in [-0.15, -0.1) is 0 Å². The molecule has 2 rings (SSSR count). The van der Waals surface area contributed by atoms with E-state index in [9.17, 15) is 0 Å². The van der Waals surface area contributed by atoms with Gasteiger partial charge in [0.1, 0.15) is 0 Å². The van der Waals surface area contributed by atoms with E-state index in [1.54, 1.807) is 0 Å². The number of hydrogen-bond donors (Lipinski definition) is 0. The number of rotatable bonds is 1. The molecule has 1 aliphatic rings. The van der Waals surface area contributed by atoms with Crippen molar-refractivity contribution >= 4 is 46.7 Å². The lowest BCUT2D eigenvalue weighted by Gasteiger charge is -2.21. The lowest BCUT2D eigenvalue weighted by atomic mass is 10.4. The highest BCUT2D eigenvalue weighted by Gasteiger charge is 2.19. The highest BCUT2D eigenvalue weighted by atomic mass is 32.4. The zero-order chi connectivity index (χ0) is 11.3. The van der Waals surface area contributed by atoms with E-state index in [2.05, 4.69) is 53.9 Å². The molecule has 0 bridgehead atoms. The summed E-state index contributed by atoms with van der Waals surface area (Å²) in [6.07, 6.45) is 2.50. The number of benzene rings is 1. The van der Waals surface area contributed by atoms with Gasteiger partial charge in [-0.2, -0.15) is 23.5 Å². The molecule has 0 spiro atoms. The molecule has 4 heteroatoms. The maximum atomic E-state index is 6.01. The van der Waals surface area contributed by atoms with Crippen molar-refractivity contribution in [2.75, 3.05) is 35.3 Å². The molecule has 1 aromatic rings. The van der Waals surface area contributed by atoms with Crippen molar-refractivity contribution in [1.82, 2.24) is 0 Å². The number of thioether (sulfide) groups is 2. The molecule has 0 N–H and O–H groups in total. The summed E-state index contributed by atoms with van der Waals surface area (Å²) < 4.78 is 0. The summed E-state index contributed by atoms with van der Waals surface area (Å²) in [5.74, 6) is 5.11. The first-order valence-corrected chi connectivity index (χ1v) is 11.1. The molecule has 0 aromatic heterocycles. The first-order chi connectivity index (χ1) is 7.81. The Bertz CT molecular complexity index is 350. The highest BCUT2D eigenvalue weighted by molar-refractivity contribution is 8.19. The normalized spacial score (nSPS) is 21.8. The van der Waals surface area contributed by atoms with Gasteiger partial charge in [0.25, 0.3) is 0 Å². The van der Waals surface area contributed by atoms with Gasteiger partial charge in [0.15, 0.2) is 0 Å². The molecule has 0 radical (unpaired) electrons. The van der Waals surface area contributed by atoms with Crippen LogP contribution in [0.15, 0.2) is 30.3 Å². The second kappa shape index (κ2) is 6.49. The Balaban J connectivity index is 2.17. The van der Waals surface area contributed by atoms with Gasteiger partial charge in [0, 0.05) is 11.5 Å². The Morgan fingerprint density at radius 2 is 1.44 bits per heavy atom. The largest absolute Gasteiger partial charge is 0.161 e.